The SMILES string of the molecule is COC(=O)c1cnc(N2CCCN(CCO)CC2)cn1. The van der Waals surface area contributed by atoms with Gasteiger partial charge in [0.2, 0.25) is 0 Å². The molecule has 0 bridgehead atoms. The summed E-state index contributed by atoms with van der Waals surface area (Å²) in [5, 5.41) is 8.98. The van der Waals surface area contributed by atoms with Gasteiger partial charge in [-0.05, 0) is 13.0 Å². The van der Waals surface area contributed by atoms with Crippen LogP contribution in [0.3, 0.4) is 0 Å². The fourth-order valence-electron chi connectivity index (χ4n) is 2.26. The number of methoxy groups -OCH3 is 1. The lowest BCUT2D eigenvalue weighted by Crippen LogP contribution is -2.32. The van der Waals surface area contributed by atoms with Crippen LogP contribution >= 0.6 is 0 Å². The largest absolute Gasteiger partial charge is 0.464 e. The highest BCUT2D eigenvalue weighted by molar-refractivity contribution is 5.86. The van der Waals surface area contributed by atoms with Gasteiger partial charge in [0.05, 0.1) is 26.1 Å². The Kier molecular flexibility index (Phi) is 5.25. The molecule has 1 aromatic heterocycles. The third-order valence-electron chi connectivity index (χ3n) is 3.36. The lowest BCUT2D eigenvalue weighted by molar-refractivity contribution is 0.0593. The molecule has 0 spiro atoms. The Balaban J connectivity index is 1.99. The summed E-state index contributed by atoms with van der Waals surface area (Å²) >= 11 is 0. The summed E-state index contributed by atoms with van der Waals surface area (Å²) in [4.78, 5) is 24.0. The summed E-state index contributed by atoms with van der Waals surface area (Å²) in [6.07, 6.45) is 4.06. The molecule has 0 aromatic carbocycles. The molecule has 0 radical (unpaired) electrons. The minimum Gasteiger partial charge on any atom is -0.464 e. The molecule has 0 aliphatic carbocycles. The van der Waals surface area contributed by atoms with E-state index in [4.69, 9.17) is 5.11 Å². The molecule has 0 atom stereocenters. The molecular formula is C13H20N4O3. The topological polar surface area (TPSA) is 78.8 Å². The van der Waals surface area contributed by atoms with Crippen LogP contribution in [-0.2, 0) is 4.74 Å². The number of anilines is 1. The van der Waals surface area contributed by atoms with Gasteiger partial charge >= 0.3 is 5.97 Å². The minimum atomic E-state index is -0.478. The molecular weight excluding hydrogens is 260 g/mol. The zero-order valence-corrected chi connectivity index (χ0v) is 11.7. The van der Waals surface area contributed by atoms with E-state index in [0.717, 1.165) is 38.4 Å². The van der Waals surface area contributed by atoms with E-state index < -0.39 is 5.97 Å². The number of aromatic nitrogens is 2. The number of rotatable bonds is 4. The van der Waals surface area contributed by atoms with E-state index in [0.29, 0.717) is 6.54 Å². The average Bonchev–Trinajstić information content (AvgIpc) is 2.73. The van der Waals surface area contributed by atoms with Crippen LogP contribution < -0.4 is 4.90 Å². The number of carbonyl (C=O) groups excluding carboxylic acids is 1. The number of hydrogen-bond acceptors (Lipinski definition) is 7. The zero-order chi connectivity index (χ0) is 14.4. The number of carbonyl (C=O) groups is 1. The van der Waals surface area contributed by atoms with E-state index in [1.54, 1.807) is 6.20 Å². The Bertz CT molecular complexity index is 438. The van der Waals surface area contributed by atoms with Gasteiger partial charge < -0.3 is 14.7 Å². The standard InChI is InChI=1S/C13H20N4O3/c1-20-13(19)11-9-15-12(10-14-11)17-4-2-3-16(5-6-17)7-8-18/h9-10,18H,2-8H2,1H3. The first kappa shape index (κ1) is 14.7. The molecule has 1 saturated heterocycles. The number of aliphatic hydroxyl groups is 1. The van der Waals surface area contributed by atoms with Crippen LogP contribution in [0.15, 0.2) is 12.4 Å². The lowest BCUT2D eigenvalue weighted by Gasteiger charge is -2.22. The number of aliphatic hydroxyl groups excluding tert-OH is 1. The van der Waals surface area contributed by atoms with E-state index in [-0.39, 0.29) is 12.3 Å². The van der Waals surface area contributed by atoms with Gasteiger partial charge in [0, 0.05) is 26.2 Å². The number of nitrogens with zero attached hydrogens (tertiary/aromatic N) is 4. The summed E-state index contributed by atoms with van der Waals surface area (Å²) in [7, 11) is 1.32. The van der Waals surface area contributed by atoms with Gasteiger partial charge in [0.25, 0.3) is 0 Å². The number of β-amino-alcohol motifs (C(OH)–C–C–N with tert-alkyl or cyclic N) is 1. The second-order valence-electron chi connectivity index (χ2n) is 4.66. The predicted molar refractivity (Wildman–Crippen MR) is 73.7 cm³/mol. The van der Waals surface area contributed by atoms with Crippen molar-refractivity contribution in [2.45, 2.75) is 6.42 Å². The molecule has 1 aliphatic rings. The fraction of sp³-hybridized carbons (Fsp3) is 0.615. The summed E-state index contributed by atoms with van der Waals surface area (Å²) < 4.78 is 4.60. The zero-order valence-electron chi connectivity index (χ0n) is 11.7. The van der Waals surface area contributed by atoms with Crippen molar-refractivity contribution in [1.29, 1.82) is 0 Å². The molecule has 0 unspecified atom stereocenters. The summed E-state index contributed by atoms with van der Waals surface area (Å²) in [6.45, 7) is 4.50. The monoisotopic (exact) mass is 280 g/mol. The van der Waals surface area contributed by atoms with Gasteiger partial charge in [0.15, 0.2) is 5.69 Å². The molecule has 1 N–H and O–H groups in total. The van der Waals surface area contributed by atoms with Gasteiger partial charge in [-0.1, -0.05) is 0 Å². The van der Waals surface area contributed by atoms with Gasteiger partial charge in [-0.15, -0.1) is 0 Å². The molecule has 1 aromatic rings. The van der Waals surface area contributed by atoms with Crippen LogP contribution in [-0.4, -0.2) is 72.4 Å². The van der Waals surface area contributed by atoms with Gasteiger partial charge in [-0.25, -0.2) is 14.8 Å². The van der Waals surface area contributed by atoms with Crippen molar-refractivity contribution in [2.75, 3.05) is 51.3 Å². The van der Waals surface area contributed by atoms with Crippen molar-refractivity contribution >= 4 is 11.8 Å². The van der Waals surface area contributed by atoms with Gasteiger partial charge in [-0.2, -0.15) is 0 Å². The minimum absolute atomic E-state index is 0.188. The van der Waals surface area contributed by atoms with Crippen LogP contribution in [0.25, 0.3) is 0 Å². The summed E-state index contributed by atoms with van der Waals surface area (Å²) in [6, 6.07) is 0. The van der Waals surface area contributed by atoms with E-state index in [9.17, 15) is 4.79 Å². The highest BCUT2D eigenvalue weighted by atomic mass is 16.5. The Labute approximate surface area is 118 Å². The van der Waals surface area contributed by atoms with Crippen molar-refractivity contribution in [3.63, 3.8) is 0 Å². The molecule has 2 heterocycles. The van der Waals surface area contributed by atoms with Crippen LogP contribution in [0.1, 0.15) is 16.9 Å². The fourth-order valence-corrected chi connectivity index (χ4v) is 2.26. The Morgan fingerprint density at radius 2 is 2.15 bits per heavy atom. The second kappa shape index (κ2) is 7.16. The van der Waals surface area contributed by atoms with Crippen LogP contribution in [0.5, 0.6) is 0 Å². The second-order valence-corrected chi connectivity index (χ2v) is 4.66. The van der Waals surface area contributed by atoms with E-state index in [1.807, 2.05) is 0 Å². The highest BCUT2D eigenvalue weighted by Crippen LogP contribution is 2.12. The maximum absolute atomic E-state index is 11.3. The molecule has 110 valence electrons. The van der Waals surface area contributed by atoms with Gasteiger partial charge in [-0.3, -0.25) is 4.90 Å². The molecule has 1 fully saturated rings. The highest BCUT2D eigenvalue weighted by Gasteiger charge is 2.16. The van der Waals surface area contributed by atoms with E-state index >= 15 is 0 Å². The summed E-state index contributed by atoms with van der Waals surface area (Å²) in [5.41, 5.74) is 0.216. The van der Waals surface area contributed by atoms with Crippen molar-refractivity contribution < 1.29 is 14.6 Å². The molecule has 7 nitrogen and oxygen atoms in total. The smallest absolute Gasteiger partial charge is 0.358 e. The third kappa shape index (κ3) is 3.64. The van der Waals surface area contributed by atoms with E-state index in [2.05, 4.69) is 24.5 Å². The normalized spacial score (nSPS) is 16.8. The van der Waals surface area contributed by atoms with Crippen LogP contribution in [0.2, 0.25) is 0 Å². The van der Waals surface area contributed by atoms with Crippen molar-refractivity contribution in [1.82, 2.24) is 14.9 Å². The molecule has 2 rings (SSSR count). The van der Waals surface area contributed by atoms with Crippen molar-refractivity contribution in [2.24, 2.45) is 0 Å². The first-order valence-electron chi connectivity index (χ1n) is 6.73. The number of esters is 1. The Morgan fingerprint density at radius 1 is 1.30 bits per heavy atom. The average molecular weight is 280 g/mol. The Hall–Kier alpha value is -1.73. The van der Waals surface area contributed by atoms with Crippen molar-refractivity contribution in [3.8, 4) is 0 Å². The molecule has 20 heavy (non-hydrogen) atoms. The maximum Gasteiger partial charge on any atom is 0.358 e. The first-order valence-corrected chi connectivity index (χ1v) is 6.73. The third-order valence-corrected chi connectivity index (χ3v) is 3.36. The summed E-state index contributed by atoms with van der Waals surface area (Å²) in [5.74, 6) is 0.289. The molecule has 0 saturated carbocycles. The first-order chi connectivity index (χ1) is 9.74. The lowest BCUT2D eigenvalue weighted by atomic mass is 10.4. The van der Waals surface area contributed by atoms with Crippen LogP contribution in [0, 0.1) is 0 Å². The number of ether oxygens (including phenoxy) is 1. The predicted octanol–water partition coefficient (Wildman–Crippen LogP) is -0.232. The molecule has 0 amide bonds. The molecule has 7 heteroatoms. The van der Waals surface area contributed by atoms with Crippen LogP contribution in [0.4, 0.5) is 5.82 Å². The maximum atomic E-state index is 11.3. The number of hydrogen-bond donors (Lipinski definition) is 1. The Morgan fingerprint density at radius 3 is 2.80 bits per heavy atom. The van der Waals surface area contributed by atoms with E-state index in [1.165, 1.54) is 13.3 Å². The quantitative estimate of drug-likeness (QED) is 0.763. The molecule has 1 aliphatic heterocycles. The van der Waals surface area contributed by atoms with Crippen molar-refractivity contribution in [3.05, 3.63) is 18.1 Å². The van der Waals surface area contributed by atoms with Gasteiger partial charge in [0.1, 0.15) is 5.82 Å².